The van der Waals surface area contributed by atoms with Crippen molar-refractivity contribution in [3.8, 4) is 11.3 Å². The molecule has 3 rings (SSSR count). The van der Waals surface area contributed by atoms with Crippen LogP contribution in [0.15, 0.2) is 28.8 Å². The summed E-state index contributed by atoms with van der Waals surface area (Å²) in [4.78, 5) is 27.5. The fraction of sp³-hybridized carbons (Fsp3) is 0.353. The van der Waals surface area contributed by atoms with Crippen molar-refractivity contribution < 1.29 is 18.8 Å². The molecular formula is C17H17Cl2N3O4. The van der Waals surface area contributed by atoms with Gasteiger partial charge >= 0.3 is 6.09 Å². The molecule has 1 aliphatic rings. The highest BCUT2D eigenvalue weighted by Crippen LogP contribution is 2.30. The lowest BCUT2D eigenvalue weighted by atomic mass is 10.1. The van der Waals surface area contributed by atoms with Crippen molar-refractivity contribution in [2.75, 3.05) is 32.8 Å². The number of ether oxygens (including phenoxy) is 1. The van der Waals surface area contributed by atoms with E-state index in [9.17, 15) is 9.59 Å². The number of hydrogen-bond donors (Lipinski definition) is 0. The van der Waals surface area contributed by atoms with Crippen LogP contribution in [0.25, 0.3) is 11.3 Å². The van der Waals surface area contributed by atoms with Gasteiger partial charge in [-0.1, -0.05) is 28.4 Å². The normalized spacial score (nSPS) is 14.4. The highest BCUT2D eigenvalue weighted by atomic mass is 35.5. The maximum absolute atomic E-state index is 12.6. The van der Waals surface area contributed by atoms with Crippen LogP contribution >= 0.6 is 23.2 Å². The summed E-state index contributed by atoms with van der Waals surface area (Å²) in [6.45, 7) is 3.72. The van der Waals surface area contributed by atoms with Crippen molar-refractivity contribution in [3.63, 3.8) is 0 Å². The molecule has 1 aromatic carbocycles. The molecule has 1 aliphatic heterocycles. The Kier molecular flexibility index (Phi) is 5.68. The van der Waals surface area contributed by atoms with Gasteiger partial charge in [0, 0.05) is 42.8 Å². The van der Waals surface area contributed by atoms with E-state index in [2.05, 4.69) is 5.16 Å². The van der Waals surface area contributed by atoms with Crippen LogP contribution < -0.4 is 0 Å². The average Bonchev–Trinajstić information content (AvgIpc) is 3.11. The summed E-state index contributed by atoms with van der Waals surface area (Å²) in [5.74, 6) is 0.133. The molecule has 0 radical (unpaired) electrons. The van der Waals surface area contributed by atoms with E-state index >= 15 is 0 Å². The van der Waals surface area contributed by atoms with Gasteiger partial charge in [0.05, 0.1) is 11.6 Å². The van der Waals surface area contributed by atoms with Crippen molar-refractivity contribution in [1.82, 2.24) is 15.0 Å². The van der Waals surface area contributed by atoms with Gasteiger partial charge < -0.3 is 19.1 Å². The second-order valence-corrected chi connectivity index (χ2v) is 6.52. The quantitative estimate of drug-likeness (QED) is 0.790. The third kappa shape index (κ3) is 3.94. The van der Waals surface area contributed by atoms with Gasteiger partial charge in [-0.15, -0.1) is 0 Å². The molecular weight excluding hydrogens is 381 g/mol. The number of benzene rings is 1. The van der Waals surface area contributed by atoms with Crippen LogP contribution in [0.4, 0.5) is 4.79 Å². The van der Waals surface area contributed by atoms with E-state index in [0.29, 0.717) is 54.2 Å². The molecule has 1 saturated heterocycles. The lowest BCUT2D eigenvalue weighted by molar-refractivity contribution is 0.0562. The van der Waals surface area contributed by atoms with Gasteiger partial charge in [-0.25, -0.2) is 4.79 Å². The summed E-state index contributed by atoms with van der Waals surface area (Å²) < 4.78 is 10.2. The summed E-state index contributed by atoms with van der Waals surface area (Å²) in [6, 6.07) is 6.53. The van der Waals surface area contributed by atoms with Gasteiger partial charge in [0.2, 0.25) is 0 Å². The molecule has 0 bridgehead atoms. The average molecular weight is 398 g/mol. The monoisotopic (exact) mass is 397 g/mol. The topological polar surface area (TPSA) is 75.9 Å². The van der Waals surface area contributed by atoms with Crippen LogP contribution in [-0.4, -0.2) is 59.7 Å². The Bertz CT molecular complexity index is 816. The Labute approximate surface area is 160 Å². The predicted octanol–water partition coefficient (Wildman–Crippen LogP) is 3.56. The molecule has 0 saturated carbocycles. The van der Waals surface area contributed by atoms with E-state index in [1.165, 1.54) is 0 Å². The molecule has 2 heterocycles. The van der Waals surface area contributed by atoms with E-state index in [1.807, 2.05) is 0 Å². The smallest absolute Gasteiger partial charge is 0.409 e. The van der Waals surface area contributed by atoms with Gasteiger partial charge in [0.25, 0.3) is 5.91 Å². The van der Waals surface area contributed by atoms with E-state index in [4.69, 9.17) is 32.5 Å². The van der Waals surface area contributed by atoms with Crippen LogP contribution in [0.5, 0.6) is 0 Å². The molecule has 9 heteroatoms. The second kappa shape index (κ2) is 7.97. The molecule has 138 valence electrons. The van der Waals surface area contributed by atoms with Gasteiger partial charge in [-0.05, 0) is 25.1 Å². The summed E-state index contributed by atoms with van der Waals surface area (Å²) in [7, 11) is 0. The fourth-order valence-electron chi connectivity index (χ4n) is 2.66. The maximum Gasteiger partial charge on any atom is 0.409 e. The summed E-state index contributed by atoms with van der Waals surface area (Å²) in [5, 5.41) is 4.77. The number of carbonyl (C=O) groups excluding carboxylic acids is 2. The minimum Gasteiger partial charge on any atom is -0.450 e. The maximum atomic E-state index is 12.6. The highest BCUT2D eigenvalue weighted by Gasteiger charge is 2.27. The number of rotatable bonds is 3. The van der Waals surface area contributed by atoms with Crippen molar-refractivity contribution in [2.24, 2.45) is 0 Å². The Morgan fingerprint density at radius 3 is 2.50 bits per heavy atom. The van der Waals surface area contributed by atoms with E-state index in [0.717, 1.165) is 0 Å². The SMILES string of the molecule is CCOC(=O)N1CCN(C(=O)c2cc(-c3ccc(Cl)cc3Cl)on2)CC1. The molecule has 0 N–H and O–H groups in total. The number of nitrogens with zero attached hydrogens (tertiary/aromatic N) is 3. The van der Waals surface area contributed by atoms with Crippen molar-refractivity contribution in [1.29, 1.82) is 0 Å². The van der Waals surface area contributed by atoms with E-state index < -0.39 is 0 Å². The molecule has 1 fully saturated rings. The third-order valence-corrected chi connectivity index (χ3v) is 4.57. The summed E-state index contributed by atoms with van der Waals surface area (Å²) in [5.41, 5.74) is 0.797. The lowest BCUT2D eigenvalue weighted by Gasteiger charge is -2.33. The summed E-state index contributed by atoms with van der Waals surface area (Å²) >= 11 is 12.0. The van der Waals surface area contributed by atoms with Crippen LogP contribution in [0, 0.1) is 0 Å². The number of halogens is 2. The first-order valence-electron chi connectivity index (χ1n) is 8.12. The zero-order valence-corrected chi connectivity index (χ0v) is 15.6. The first-order chi connectivity index (χ1) is 12.5. The summed E-state index contributed by atoms with van der Waals surface area (Å²) in [6.07, 6.45) is -0.360. The number of carbonyl (C=O) groups is 2. The first-order valence-corrected chi connectivity index (χ1v) is 8.88. The Morgan fingerprint density at radius 1 is 1.15 bits per heavy atom. The lowest BCUT2D eigenvalue weighted by Crippen LogP contribution is -2.50. The van der Waals surface area contributed by atoms with Crippen molar-refractivity contribution in [3.05, 3.63) is 40.0 Å². The van der Waals surface area contributed by atoms with Crippen LogP contribution in [0.3, 0.4) is 0 Å². The number of piperazine rings is 1. The minimum atomic E-state index is -0.360. The van der Waals surface area contributed by atoms with Gasteiger partial charge in [-0.2, -0.15) is 0 Å². The molecule has 0 spiro atoms. The largest absolute Gasteiger partial charge is 0.450 e. The Hall–Kier alpha value is -2.25. The van der Waals surface area contributed by atoms with Gasteiger partial charge in [0.1, 0.15) is 0 Å². The fourth-order valence-corrected chi connectivity index (χ4v) is 3.16. The Balaban J connectivity index is 1.66. The standard InChI is InChI=1S/C17H17Cl2N3O4/c1-2-25-17(24)22-7-5-21(6-8-22)16(23)14-10-15(26-20-14)12-4-3-11(18)9-13(12)19/h3-4,9-10H,2,5-8H2,1H3. The molecule has 1 aromatic heterocycles. The van der Waals surface area contributed by atoms with E-state index in [1.54, 1.807) is 41.0 Å². The molecule has 7 nitrogen and oxygen atoms in total. The number of hydrogen-bond acceptors (Lipinski definition) is 5. The van der Waals surface area contributed by atoms with Crippen LogP contribution in [-0.2, 0) is 4.74 Å². The highest BCUT2D eigenvalue weighted by molar-refractivity contribution is 6.36. The molecule has 0 unspecified atom stereocenters. The van der Waals surface area contributed by atoms with Crippen LogP contribution in [0.1, 0.15) is 17.4 Å². The van der Waals surface area contributed by atoms with Crippen molar-refractivity contribution >= 4 is 35.2 Å². The van der Waals surface area contributed by atoms with Gasteiger partial charge in [0.15, 0.2) is 11.5 Å². The zero-order chi connectivity index (χ0) is 18.7. The molecule has 26 heavy (non-hydrogen) atoms. The molecule has 2 amide bonds. The van der Waals surface area contributed by atoms with Gasteiger partial charge in [-0.3, -0.25) is 4.79 Å². The first kappa shape index (κ1) is 18.5. The third-order valence-electron chi connectivity index (χ3n) is 4.02. The van der Waals surface area contributed by atoms with Crippen molar-refractivity contribution in [2.45, 2.75) is 6.92 Å². The van der Waals surface area contributed by atoms with Crippen LogP contribution in [0.2, 0.25) is 10.0 Å². The molecule has 2 aromatic rings. The Morgan fingerprint density at radius 2 is 1.85 bits per heavy atom. The minimum absolute atomic E-state index is 0.190. The van der Waals surface area contributed by atoms with E-state index in [-0.39, 0.29) is 17.7 Å². The predicted molar refractivity (Wildman–Crippen MR) is 96.5 cm³/mol. The molecule has 0 aliphatic carbocycles. The zero-order valence-electron chi connectivity index (χ0n) is 14.1. The number of aromatic nitrogens is 1. The number of amides is 2. The molecule has 0 atom stereocenters. The second-order valence-electron chi connectivity index (χ2n) is 5.68.